The van der Waals surface area contributed by atoms with Crippen LogP contribution in [0.4, 0.5) is 4.39 Å². The van der Waals surface area contributed by atoms with Crippen LogP contribution in [0.3, 0.4) is 0 Å². The van der Waals surface area contributed by atoms with E-state index >= 15 is 0 Å². The van der Waals surface area contributed by atoms with Gasteiger partial charge in [0, 0.05) is 24.5 Å². The molecule has 4 atom stereocenters. The number of nitrogens with one attached hydrogen (secondary N) is 1. The van der Waals surface area contributed by atoms with Crippen molar-refractivity contribution >= 4 is 39.6 Å². The first kappa shape index (κ1) is 45.6. The number of nitrogens with zero attached hydrogens (tertiary/aromatic N) is 1. The molecule has 2 aliphatic heterocycles. The summed E-state index contributed by atoms with van der Waals surface area (Å²) in [7, 11) is -1.00. The van der Waals surface area contributed by atoms with Crippen molar-refractivity contribution in [2.24, 2.45) is 11.8 Å². The van der Waals surface area contributed by atoms with E-state index in [1.165, 1.54) is 123 Å². The van der Waals surface area contributed by atoms with Gasteiger partial charge in [0.15, 0.2) is 0 Å². The van der Waals surface area contributed by atoms with E-state index < -0.39 is 7.15 Å². The second-order valence-corrected chi connectivity index (χ2v) is 13.8. The Morgan fingerprint density at radius 3 is 1.94 bits per heavy atom. The van der Waals surface area contributed by atoms with Crippen LogP contribution in [-0.4, -0.2) is 43.7 Å². The summed E-state index contributed by atoms with van der Waals surface area (Å²) in [6.45, 7) is 3.54. The Kier molecular flexibility index (Phi) is 24.8. The molecule has 0 spiro atoms. The van der Waals surface area contributed by atoms with E-state index in [-0.39, 0.29) is 111 Å². The summed E-state index contributed by atoms with van der Waals surface area (Å²) in [6, 6.07) is 31.9. The minimum Gasteiger partial charge on any atom is -1.00 e. The van der Waals surface area contributed by atoms with Crippen molar-refractivity contribution in [3.63, 3.8) is 0 Å². The van der Waals surface area contributed by atoms with Crippen molar-refractivity contribution in [2.75, 3.05) is 20.2 Å². The molecule has 0 radical (unpaired) electrons. The third-order valence-corrected chi connectivity index (χ3v) is 11.0. The van der Waals surface area contributed by atoms with Crippen LogP contribution >= 0.6 is 11.6 Å². The molecule has 4 unspecified atom stereocenters. The Bertz CT molecular complexity index is 1520. The first-order valence-corrected chi connectivity index (χ1v) is 18.7. The van der Waals surface area contributed by atoms with Gasteiger partial charge < -0.3 is 16.9 Å². The van der Waals surface area contributed by atoms with E-state index in [0.29, 0.717) is 5.88 Å². The molecule has 9 heteroatoms. The number of alkyl halides is 2. The maximum atomic E-state index is 9.96. The Morgan fingerprint density at radius 2 is 1.31 bits per heavy atom. The zero-order valence-electron chi connectivity index (χ0n) is 32.9. The molecule has 2 saturated heterocycles. The molecular formula is C42H56ClFK2N2O3. The van der Waals surface area contributed by atoms with Gasteiger partial charge in [-0.1, -0.05) is 111 Å². The van der Waals surface area contributed by atoms with Crippen LogP contribution in [0, 0.1) is 11.8 Å². The number of piperidine rings is 2. The number of benzene rings is 4. The van der Waals surface area contributed by atoms with Gasteiger partial charge >= 0.3 is 103 Å². The maximum absolute atomic E-state index is 9.96. The largest absolute Gasteiger partial charge is 1.00 e. The predicted molar refractivity (Wildman–Crippen MR) is 201 cm³/mol. The zero-order valence-corrected chi connectivity index (χ0v) is 37.9. The third kappa shape index (κ3) is 15.0. The SMILES string of the molecule is C1CCC2NCCCC2C1.ClCc1cccc2ccccc12.O=CO[O-].[2H]CF.[H-].[K+].[K+].c1ccc2c(CN3CCCC4CCCCC43)cccc2c1. The number of carbonyl (C=O) groups excluding carboxylic acids is 1. The van der Waals surface area contributed by atoms with E-state index in [1.807, 2.05) is 18.2 Å². The fraction of sp³-hybridized carbons (Fsp3) is 0.500. The van der Waals surface area contributed by atoms with Gasteiger partial charge in [-0.25, -0.2) is 0 Å². The van der Waals surface area contributed by atoms with Gasteiger partial charge in [0.2, 0.25) is 0 Å². The van der Waals surface area contributed by atoms with Gasteiger partial charge in [-0.2, -0.15) is 0 Å². The molecule has 5 nitrogen and oxygen atoms in total. The summed E-state index contributed by atoms with van der Waals surface area (Å²) in [5.74, 6) is 2.60. The van der Waals surface area contributed by atoms with Gasteiger partial charge in [-0.15, -0.1) is 11.6 Å². The second-order valence-electron chi connectivity index (χ2n) is 13.6. The van der Waals surface area contributed by atoms with Crippen molar-refractivity contribution in [3.05, 3.63) is 96.1 Å². The van der Waals surface area contributed by atoms with Crippen molar-refractivity contribution in [3.8, 4) is 0 Å². The molecule has 4 aromatic carbocycles. The fourth-order valence-corrected chi connectivity index (χ4v) is 8.69. The van der Waals surface area contributed by atoms with Crippen molar-refractivity contribution in [2.45, 2.75) is 102 Å². The van der Waals surface area contributed by atoms with E-state index in [1.54, 1.807) is 0 Å². The average Bonchev–Trinajstić information content (AvgIpc) is 3.19. The van der Waals surface area contributed by atoms with Crippen LogP contribution in [0.2, 0.25) is 0 Å². The third-order valence-electron chi connectivity index (χ3n) is 10.7. The normalized spacial score (nSPS) is 22.2. The summed E-state index contributed by atoms with van der Waals surface area (Å²) in [6.07, 6.45) is 17.5. The van der Waals surface area contributed by atoms with Crippen LogP contribution in [0.25, 0.3) is 21.5 Å². The van der Waals surface area contributed by atoms with E-state index in [0.717, 1.165) is 30.5 Å². The number of hydrogen-bond donors (Lipinski definition) is 1. The summed E-state index contributed by atoms with van der Waals surface area (Å²) < 4.78 is 15.5. The Hall–Kier alpha value is 0.243. The second kappa shape index (κ2) is 27.8. The van der Waals surface area contributed by atoms with Gasteiger partial charge in [-0.05, 0) is 109 Å². The van der Waals surface area contributed by atoms with Crippen LogP contribution in [0.1, 0.15) is 91.0 Å². The molecule has 4 fully saturated rings. The number of hydrogen-bond acceptors (Lipinski definition) is 5. The maximum Gasteiger partial charge on any atom is 1.00 e. The molecular weight excluding hydrogens is 713 g/mol. The van der Waals surface area contributed by atoms with Crippen LogP contribution in [0.5, 0.6) is 0 Å². The minimum atomic E-state index is -1.00. The van der Waals surface area contributed by atoms with Gasteiger partial charge in [0.1, 0.15) is 0 Å². The standard InChI is InChI=1S/C20H25N.C11H9Cl.C9H17N.CH3F.CH2O3.2K.H/c1-3-12-19-16(7-1)9-5-10-18(19)15-21-14-6-11-17-8-2-4-13-20(17)21;12-8-10-6-3-5-9-4-1-2-7-11(9)10;1-2-6-9-8(4-1)5-3-7-10-9;1-2;2-1-4-3;;;/h1,3,5,7,9-10,12,17,20H,2,4,6,8,11,13-15H2;1-7H,8H2;8-10H,1-7H2;1H3;1,3H;;;/q;;;;;2*+1;-1/p-1/i;;;1D;;;;. The van der Waals surface area contributed by atoms with Gasteiger partial charge in [0.25, 0.3) is 6.47 Å². The number of likely N-dealkylation sites (tertiary alicyclic amines) is 1. The predicted octanol–water partition coefficient (Wildman–Crippen LogP) is 3.64. The molecule has 1 N–H and O–H groups in total. The first-order chi connectivity index (χ1) is 24.6. The van der Waals surface area contributed by atoms with Crippen LogP contribution in [0.15, 0.2) is 84.9 Å². The number of halogens is 2. The quantitative estimate of drug-likeness (QED) is 0.113. The molecule has 0 aromatic heterocycles. The smallest absolute Gasteiger partial charge is 1.00 e. The molecule has 4 aromatic rings. The van der Waals surface area contributed by atoms with Crippen molar-refractivity contribution < 1.29 is 125 Å². The molecule has 0 amide bonds. The Balaban J connectivity index is 0.000000377. The van der Waals surface area contributed by atoms with E-state index in [9.17, 15) is 4.39 Å². The molecule has 268 valence electrons. The van der Waals surface area contributed by atoms with Gasteiger partial charge in [-0.3, -0.25) is 14.1 Å². The molecule has 4 aliphatic rings. The monoisotopic (exact) mass is 769 g/mol. The van der Waals surface area contributed by atoms with E-state index in [4.69, 9.17) is 23.0 Å². The topological polar surface area (TPSA) is 64.6 Å². The zero-order chi connectivity index (χ0) is 35.4. The number of fused-ring (bicyclic) bond motifs is 4. The molecule has 51 heavy (non-hydrogen) atoms. The van der Waals surface area contributed by atoms with E-state index in [2.05, 4.69) is 81.8 Å². The van der Waals surface area contributed by atoms with Crippen molar-refractivity contribution in [1.82, 2.24) is 10.2 Å². The molecule has 2 saturated carbocycles. The number of carbonyl (C=O) groups is 1. The van der Waals surface area contributed by atoms with Crippen LogP contribution in [-0.2, 0) is 22.1 Å². The van der Waals surface area contributed by atoms with Crippen molar-refractivity contribution in [1.29, 1.82) is 0 Å². The molecule has 2 heterocycles. The molecule has 2 aliphatic carbocycles. The Morgan fingerprint density at radius 1 is 0.804 bits per heavy atom. The molecule has 8 rings (SSSR count). The summed E-state index contributed by atoms with van der Waals surface area (Å²) >= 11 is 5.81. The molecule has 0 bridgehead atoms. The number of rotatable bonds is 4. The summed E-state index contributed by atoms with van der Waals surface area (Å²) in [5.41, 5.74) is 2.72. The fourth-order valence-electron chi connectivity index (χ4n) is 8.46. The first-order valence-electron chi connectivity index (χ1n) is 18.9. The summed E-state index contributed by atoms with van der Waals surface area (Å²) in [4.78, 5) is 14.0. The van der Waals surface area contributed by atoms with Crippen LogP contribution < -0.4 is 113 Å². The average molecular weight is 771 g/mol. The minimum absolute atomic E-state index is 0. The summed E-state index contributed by atoms with van der Waals surface area (Å²) in [5, 5.41) is 17.4. The van der Waals surface area contributed by atoms with Gasteiger partial charge in [0.05, 0.1) is 8.52 Å². The Labute approximate surface area is 398 Å².